The lowest BCUT2D eigenvalue weighted by atomic mass is 9.44. The fraction of sp³-hybridized carbons (Fsp3) is 0.771. The Hall–Kier alpha value is -1.99. The van der Waals surface area contributed by atoms with Crippen LogP contribution in [-0.2, 0) is 14.3 Å². The molecule has 2 saturated heterocycles. The first kappa shape index (κ1) is 28.8. The van der Waals surface area contributed by atoms with E-state index in [1.165, 1.54) is 25.0 Å². The van der Waals surface area contributed by atoms with Crippen molar-refractivity contribution in [3.63, 3.8) is 0 Å². The van der Waals surface area contributed by atoms with Gasteiger partial charge in [0.05, 0.1) is 12.7 Å². The van der Waals surface area contributed by atoms with Crippen LogP contribution in [0.5, 0.6) is 0 Å². The molecule has 4 saturated carbocycles. The molecule has 2 heterocycles. The Morgan fingerprint density at radius 1 is 1.02 bits per heavy atom. The lowest BCUT2D eigenvalue weighted by Gasteiger charge is -2.60. The average molecular weight is 591 g/mol. The van der Waals surface area contributed by atoms with E-state index in [0.29, 0.717) is 47.5 Å². The molecule has 4 aliphatic carbocycles. The van der Waals surface area contributed by atoms with Crippen LogP contribution in [-0.4, -0.2) is 36.4 Å². The first-order valence-electron chi connectivity index (χ1n) is 16.7. The van der Waals surface area contributed by atoms with Crippen molar-refractivity contribution in [1.29, 1.82) is 0 Å². The quantitative estimate of drug-likeness (QED) is 0.362. The van der Waals surface area contributed by atoms with Crippen LogP contribution < -0.4 is 10.6 Å². The molecular formula is C35H59FN2O4. The lowest BCUT2D eigenvalue weighted by molar-refractivity contribution is -0.249. The largest absolute Gasteiger partial charge is 0.349 e. The third kappa shape index (κ3) is 4.38. The molecule has 6 nitrogen and oxygen atoms in total. The van der Waals surface area contributed by atoms with E-state index in [9.17, 15) is 14.0 Å². The molecule has 42 heavy (non-hydrogen) atoms. The summed E-state index contributed by atoms with van der Waals surface area (Å²) in [4.78, 5) is 27.1. The van der Waals surface area contributed by atoms with E-state index >= 15 is 0 Å². The van der Waals surface area contributed by atoms with Gasteiger partial charge in [0.25, 0.3) is 0 Å². The molecule has 1 aromatic carbocycles. The summed E-state index contributed by atoms with van der Waals surface area (Å²) >= 11 is 0. The molecular weight excluding hydrogens is 531 g/mol. The Kier molecular flexibility index (Phi) is 7.05. The molecule has 7 heteroatoms. The molecule has 2 N–H and O–H groups in total. The minimum absolute atomic E-state index is 0. The van der Waals surface area contributed by atoms with Gasteiger partial charge in [0.15, 0.2) is 5.79 Å². The van der Waals surface area contributed by atoms with E-state index in [0.717, 1.165) is 51.6 Å². The lowest BCUT2D eigenvalue weighted by Crippen LogP contribution is -2.59. The number of anilines is 1. The second-order valence-corrected chi connectivity index (χ2v) is 15.5. The van der Waals surface area contributed by atoms with E-state index in [4.69, 9.17) is 9.47 Å². The molecule has 0 aromatic heterocycles. The predicted octanol–water partition coefficient (Wildman–Crippen LogP) is 8.56. The molecule has 1 aromatic rings. The minimum Gasteiger partial charge on any atom is -0.349 e. The zero-order chi connectivity index (χ0) is 29.4. The number of hydrogen-bond donors (Lipinski definition) is 2. The van der Waals surface area contributed by atoms with Gasteiger partial charge in [0, 0.05) is 49.0 Å². The highest BCUT2D eigenvalue weighted by Gasteiger charge is 2.71. The average Bonchev–Trinajstić information content (AvgIpc) is 3.31. The van der Waals surface area contributed by atoms with Gasteiger partial charge < -0.3 is 20.1 Å². The smallest absolute Gasteiger partial charge is 0.319 e. The Morgan fingerprint density at radius 2 is 1.81 bits per heavy atom. The normalized spacial score (nSPS) is 48.0. The van der Waals surface area contributed by atoms with Crippen LogP contribution in [0.4, 0.5) is 14.9 Å². The molecule has 6 fully saturated rings. The summed E-state index contributed by atoms with van der Waals surface area (Å²) in [7, 11) is 0. The highest BCUT2D eigenvalue weighted by Crippen LogP contribution is 2.70. The highest BCUT2D eigenvalue weighted by atomic mass is 19.1. The maximum atomic E-state index is 14.4. The van der Waals surface area contributed by atoms with Crippen LogP contribution in [0.15, 0.2) is 24.3 Å². The van der Waals surface area contributed by atoms with Gasteiger partial charge >= 0.3 is 6.03 Å². The van der Waals surface area contributed by atoms with Crippen LogP contribution in [0.2, 0.25) is 0 Å². The number of carbonyl (C=O) groups excluding carboxylic acids is 2. The van der Waals surface area contributed by atoms with Crippen molar-refractivity contribution < 1.29 is 30.6 Å². The van der Waals surface area contributed by atoms with Gasteiger partial charge in [-0.25, -0.2) is 9.18 Å². The molecule has 6 aliphatic rings. The number of carbonyl (C=O) groups is 2. The number of ketones is 1. The van der Waals surface area contributed by atoms with Crippen molar-refractivity contribution in [2.75, 3.05) is 11.9 Å². The molecule has 2 amide bonds. The maximum absolute atomic E-state index is 14.4. The zero-order valence-corrected chi connectivity index (χ0v) is 25.8. The summed E-state index contributed by atoms with van der Waals surface area (Å²) in [6, 6.07) is 5.74. The first-order valence-corrected chi connectivity index (χ1v) is 16.7. The van der Waals surface area contributed by atoms with Crippen LogP contribution in [0, 0.1) is 58.1 Å². The van der Waals surface area contributed by atoms with E-state index in [-0.39, 0.29) is 53.8 Å². The molecule has 0 bridgehead atoms. The van der Waals surface area contributed by atoms with Gasteiger partial charge in [0.2, 0.25) is 0 Å². The van der Waals surface area contributed by atoms with Crippen molar-refractivity contribution in [2.24, 2.45) is 52.3 Å². The summed E-state index contributed by atoms with van der Waals surface area (Å²) in [5.74, 6) is 2.54. The maximum Gasteiger partial charge on any atom is 0.319 e. The van der Waals surface area contributed by atoms with Crippen molar-refractivity contribution in [2.45, 2.75) is 110 Å². The predicted molar refractivity (Wildman–Crippen MR) is 170 cm³/mol. The SMILES string of the molecule is CC1CCC[C@@]2(OC1)O[C@H]1CC3[C@@H]4CCC5C[C@H](NC(=O)Nc6ccc(F)cc6)CC[C@]5(C)C4CC(=O)[C@]3(C)[C@H]1[C@@H]2C.[HH].[HH].[HH].[HH].[HH]. The Balaban J connectivity index is 0.00000154. The molecule has 2 aliphatic heterocycles. The van der Waals surface area contributed by atoms with Gasteiger partial charge in [0.1, 0.15) is 11.6 Å². The summed E-state index contributed by atoms with van der Waals surface area (Å²) in [6.07, 6.45) is 10.3. The number of urea groups is 1. The van der Waals surface area contributed by atoms with Crippen molar-refractivity contribution in [1.82, 2.24) is 5.32 Å². The molecule has 1 spiro atoms. The minimum atomic E-state index is -0.511. The first-order chi connectivity index (χ1) is 20.0. The third-order valence-corrected chi connectivity index (χ3v) is 13.5. The third-order valence-electron chi connectivity index (χ3n) is 13.5. The summed E-state index contributed by atoms with van der Waals surface area (Å²) in [6.45, 7) is 10.1. The van der Waals surface area contributed by atoms with Crippen molar-refractivity contribution in [3.05, 3.63) is 30.1 Å². The summed E-state index contributed by atoms with van der Waals surface area (Å²) in [5.41, 5.74) is 0.387. The standard InChI is InChI=1S/C35H49FN2O4.5H2/c1-20-6-5-14-35(41-19-20)21(2)31-29(42-35)17-28-26-12-7-22-16-25(38-32(40)37-24-10-8-23(36)9-11-24)13-15-33(22,3)27(26)18-30(39)34(28,31)4;;;;;/h8-11,20-22,25-29,31H,5-7,12-19H2,1-4H3,(H2,37,38,40);5*1H/t20?,21-,22?,25+,26+,27?,28?,29-,31-,33-,34+,35+;;;;;/m0...../s1. The Morgan fingerprint density at radius 3 is 2.60 bits per heavy atom. The van der Waals surface area contributed by atoms with Gasteiger partial charge in [-0.2, -0.15) is 0 Å². The number of benzene rings is 1. The van der Waals surface area contributed by atoms with Gasteiger partial charge in [-0.1, -0.05) is 27.7 Å². The molecule has 12 atom stereocenters. The monoisotopic (exact) mass is 590 g/mol. The number of ether oxygens (including phenoxy) is 2. The second kappa shape index (κ2) is 10.3. The van der Waals surface area contributed by atoms with Gasteiger partial charge in [-0.15, -0.1) is 0 Å². The van der Waals surface area contributed by atoms with Crippen LogP contribution >= 0.6 is 0 Å². The van der Waals surface area contributed by atoms with Crippen molar-refractivity contribution >= 4 is 17.5 Å². The van der Waals surface area contributed by atoms with Crippen molar-refractivity contribution in [3.8, 4) is 0 Å². The Bertz CT molecular complexity index is 1250. The van der Waals surface area contributed by atoms with Crippen LogP contribution in [0.3, 0.4) is 0 Å². The van der Waals surface area contributed by atoms with E-state index in [1.54, 1.807) is 12.1 Å². The van der Waals surface area contributed by atoms with E-state index in [2.05, 4.69) is 38.3 Å². The van der Waals surface area contributed by atoms with E-state index < -0.39 is 5.79 Å². The van der Waals surface area contributed by atoms with Crippen LogP contribution in [0.25, 0.3) is 0 Å². The number of Topliss-reactive ketones (excluding diaryl/α,β-unsaturated/α-hetero) is 1. The van der Waals surface area contributed by atoms with Gasteiger partial charge in [-0.3, -0.25) is 4.79 Å². The van der Waals surface area contributed by atoms with Crippen LogP contribution in [0.1, 0.15) is 99.0 Å². The highest BCUT2D eigenvalue weighted by molar-refractivity contribution is 5.89. The number of fused-ring (bicyclic) bond motifs is 7. The number of nitrogens with one attached hydrogen (secondary N) is 2. The Labute approximate surface area is 257 Å². The topological polar surface area (TPSA) is 76.7 Å². The number of amides is 2. The number of hydrogen-bond acceptors (Lipinski definition) is 4. The zero-order valence-electron chi connectivity index (χ0n) is 25.8. The number of rotatable bonds is 2. The molecule has 240 valence electrons. The summed E-state index contributed by atoms with van der Waals surface area (Å²) < 4.78 is 26.7. The second-order valence-electron chi connectivity index (χ2n) is 15.5. The fourth-order valence-electron chi connectivity index (χ4n) is 11.2. The number of halogens is 1. The molecule has 7 rings (SSSR count). The van der Waals surface area contributed by atoms with Gasteiger partial charge in [-0.05, 0) is 111 Å². The summed E-state index contributed by atoms with van der Waals surface area (Å²) in [5, 5.41) is 6.03. The fourth-order valence-corrected chi connectivity index (χ4v) is 11.2. The van der Waals surface area contributed by atoms with E-state index in [1.807, 2.05) is 0 Å². The molecule has 0 radical (unpaired) electrons. The molecule has 4 unspecified atom stereocenters.